The summed E-state index contributed by atoms with van der Waals surface area (Å²) in [7, 11) is 4.81. The third kappa shape index (κ3) is 3.54. The second-order valence-corrected chi connectivity index (χ2v) is 6.33. The molecule has 6 nitrogen and oxygen atoms in total. The van der Waals surface area contributed by atoms with Crippen molar-refractivity contribution < 1.29 is 14.2 Å². The Balaban J connectivity index is 1.95. The highest BCUT2D eigenvalue weighted by Gasteiger charge is 2.26. The molecule has 6 heteroatoms. The van der Waals surface area contributed by atoms with E-state index >= 15 is 0 Å². The Kier molecular flexibility index (Phi) is 5.21. The van der Waals surface area contributed by atoms with Crippen LogP contribution in [0.2, 0.25) is 0 Å². The van der Waals surface area contributed by atoms with Crippen molar-refractivity contribution in [2.45, 2.75) is 25.4 Å². The molecule has 3 N–H and O–H groups in total. The number of guanidine groups is 1. The molecule has 1 heterocycles. The summed E-state index contributed by atoms with van der Waals surface area (Å²) in [6.45, 7) is 2.08. The maximum absolute atomic E-state index is 6.07. The molecule has 0 spiro atoms. The zero-order valence-electron chi connectivity index (χ0n) is 15.6. The molecule has 0 radical (unpaired) electrons. The lowest BCUT2D eigenvalue weighted by Crippen LogP contribution is -2.39. The summed E-state index contributed by atoms with van der Waals surface area (Å²) in [5.74, 6) is 2.22. The molecule has 0 saturated heterocycles. The van der Waals surface area contributed by atoms with Gasteiger partial charge in [0.25, 0.3) is 0 Å². The highest BCUT2D eigenvalue weighted by atomic mass is 16.5. The van der Waals surface area contributed by atoms with Crippen molar-refractivity contribution in [2.24, 2.45) is 10.7 Å². The molecule has 1 aliphatic rings. The van der Waals surface area contributed by atoms with E-state index in [-0.39, 0.29) is 12.1 Å². The number of ether oxygens (including phenoxy) is 3. The Hall–Kier alpha value is -2.89. The molecule has 2 aromatic carbocycles. The van der Waals surface area contributed by atoms with Gasteiger partial charge in [-0.25, -0.2) is 4.99 Å². The first kappa shape index (κ1) is 17.9. The SMILES string of the molecule is COc1cc(C2CC(c3ccc(C)cc3)NC(N)=N2)cc(OC)c1OC. The van der Waals surface area contributed by atoms with Crippen LogP contribution in [0.5, 0.6) is 17.2 Å². The molecule has 0 aromatic heterocycles. The van der Waals surface area contributed by atoms with E-state index in [1.807, 2.05) is 12.1 Å². The molecule has 0 aliphatic carbocycles. The summed E-state index contributed by atoms with van der Waals surface area (Å²) >= 11 is 0. The number of benzene rings is 2. The van der Waals surface area contributed by atoms with Crippen molar-refractivity contribution in [1.82, 2.24) is 5.32 Å². The zero-order valence-corrected chi connectivity index (χ0v) is 15.6. The second kappa shape index (κ2) is 7.56. The van der Waals surface area contributed by atoms with Gasteiger partial charge in [0.15, 0.2) is 17.5 Å². The van der Waals surface area contributed by atoms with Gasteiger partial charge in [-0.2, -0.15) is 0 Å². The van der Waals surface area contributed by atoms with Crippen LogP contribution < -0.4 is 25.3 Å². The van der Waals surface area contributed by atoms with Crippen LogP contribution in [0.15, 0.2) is 41.4 Å². The van der Waals surface area contributed by atoms with Gasteiger partial charge in [0.1, 0.15) is 0 Å². The number of aliphatic imine (C=N–C) groups is 1. The number of nitrogens with two attached hydrogens (primary N) is 1. The van der Waals surface area contributed by atoms with Crippen LogP contribution in [0.1, 0.15) is 35.2 Å². The van der Waals surface area contributed by atoms with E-state index < -0.39 is 0 Å². The Bertz CT molecular complexity index is 777. The van der Waals surface area contributed by atoms with Crippen molar-refractivity contribution >= 4 is 5.96 Å². The quantitative estimate of drug-likeness (QED) is 0.862. The number of hydrogen-bond acceptors (Lipinski definition) is 6. The summed E-state index contributed by atoms with van der Waals surface area (Å²) in [6.07, 6.45) is 0.780. The van der Waals surface area contributed by atoms with E-state index in [2.05, 4.69) is 41.5 Å². The molecule has 2 atom stereocenters. The summed E-state index contributed by atoms with van der Waals surface area (Å²) in [6, 6.07) is 12.3. The van der Waals surface area contributed by atoms with Gasteiger partial charge >= 0.3 is 0 Å². The van der Waals surface area contributed by atoms with Crippen LogP contribution in [0.25, 0.3) is 0 Å². The van der Waals surface area contributed by atoms with Gasteiger partial charge in [-0.1, -0.05) is 29.8 Å². The van der Waals surface area contributed by atoms with E-state index in [0.29, 0.717) is 23.2 Å². The lowest BCUT2D eigenvalue weighted by molar-refractivity contribution is 0.323. The van der Waals surface area contributed by atoms with E-state index in [1.54, 1.807) is 21.3 Å². The minimum absolute atomic E-state index is 0.0946. The van der Waals surface area contributed by atoms with Gasteiger partial charge in [0, 0.05) is 0 Å². The molecule has 1 aliphatic heterocycles. The van der Waals surface area contributed by atoms with Crippen molar-refractivity contribution in [3.8, 4) is 17.2 Å². The fourth-order valence-electron chi connectivity index (χ4n) is 3.24. The Morgan fingerprint density at radius 2 is 1.58 bits per heavy atom. The molecule has 0 saturated carbocycles. The average molecular weight is 355 g/mol. The Labute approximate surface area is 154 Å². The molecular weight excluding hydrogens is 330 g/mol. The molecule has 0 fully saturated rings. The number of nitrogens with zero attached hydrogens (tertiary/aromatic N) is 1. The van der Waals surface area contributed by atoms with Crippen LogP contribution in [0.4, 0.5) is 0 Å². The molecule has 2 unspecified atom stereocenters. The first-order valence-corrected chi connectivity index (χ1v) is 8.52. The number of nitrogens with one attached hydrogen (secondary N) is 1. The largest absolute Gasteiger partial charge is 0.493 e. The highest BCUT2D eigenvalue weighted by Crippen LogP contribution is 2.42. The summed E-state index contributed by atoms with van der Waals surface area (Å²) in [4.78, 5) is 4.58. The van der Waals surface area contributed by atoms with E-state index in [4.69, 9.17) is 19.9 Å². The molecule has 3 rings (SSSR count). The monoisotopic (exact) mass is 355 g/mol. The minimum Gasteiger partial charge on any atom is -0.493 e. The van der Waals surface area contributed by atoms with E-state index in [9.17, 15) is 0 Å². The Morgan fingerprint density at radius 3 is 2.12 bits per heavy atom. The van der Waals surface area contributed by atoms with Gasteiger partial charge in [-0.05, 0) is 36.6 Å². The first-order valence-electron chi connectivity index (χ1n) is 8.52. The normalized spacial score (nSPS) is 19.3. The predicted octanol–water partition coefficient (Wildman–Crippen LogP) is 3.11. The van der Waals surface area contributed by atoms with Gasteiger partial charge < -0.3 is 25.3 Å². The van der Waals surface area contributed by atoms with Crippen LogP contribution in [-0.2, 0) is 0 Å². The van der Waals surface area contributed by atoms with E-state index in [1.165, 1.54) is 11.1 Å². The molecule has 0 bridgehead atoms. The summed E-state index contributed by atoms with van der Waals surface area (Å²) < 4.78 is 16.3. The number of methoxy groups -OCH3 is 3. The first-order chi connectivity index (χ1) is 12.5. The van der Waals surface area contributed by atoms with Gasteiger partial charge in [0.05, 0.1) is 33.4 Å². The lowest BCUT2D eigenvalue weighted by atomic mass is 9.93. The molecular formula is C20H25N3O3. The molecule has 0 amide bonds. The lowest BCUT2D eigenvalue weighted by Gasteiger charge is -2.29. The summed E-state index contributed by atoms with van der Waals surface area (Å²) in [5, 5.41) is 3.27. The fourth-order valence-corrected chi connectivity index (χ4v) is 3.24. The predicted molar refractivity (Wildman–Crippen MR) is 102 cm³/mol. The zero-order chi connectivity index (χ0) is 18.7. The third-order valence-electron chi connectivity index (χ3n) is 4.63. The van der Waals surface area contributed by atoms with Gasteiger partial charge in [-0.15, -0.1) is 0 Å². The standard InChI is InChI=1S/C20H25N3O3/c1-12-5-7-13(8-6-12)15-11-16(23-20(21)22-15)14-9-17(24-2)19(26-4)18(10-14)25-3/h5-10,15-16H,11H2,1-4H3,(H3,21,22,23). The number of aryl methyl sites for hydroxylation is 1. The number of rotatable bonds is 5. The van der Waals surface area contributed by atoms with Gasteiger partial charge in [-0.3, -0.25) is 0 Å². The van der Waals surface area contributed by atoms with Crippen LogP contribution >= 0.6 is 0 Å². The molecule has 138 valence electrons. The Morgan fingerprint density at radius 1 is 0.962 bits per heavy atom. The molecule has 2 aromatic rings. The smallest absolute Gasteiger partial charge is 0.203 e. The second-order valence-electron chi connectivity index (χ2n) is 6.33. The molecule has 26 heavy (non-hydrogen) atoms. The average Bonchev–Trinajstić information content (AvgIpc) is 2.66. The van der Waals surface area contributed by atoms with Crippen molar-refractivity contribution in [2.75, 3.05) is 21.3 Å². The van der Waals surface area contributed by atoms with Crippen molar-refractivity contribution in [3.05, 3.63) is 53.1 Å². The topological polar surface area (TPSA) is 78.1 Å². The summed E-state index contributed by atoms with van der Waals surface area (Å²) in [5.41, 5.74) is 9.46. The highest BCUT2D eigenvalue weighted by molar-refractivity contribution is 5.79. The van der Waals surface area contributed by atoms with E-state index in [0.717, 1.165) is 12.0 Å². The van der Waals surface area contributed by atoms with Crippen LogP contribution in [-0.4, -0.2) is 27.3 Å². The number of hydrogen-bond donors (Lipinski definition) is 2. The van der Waals surface area contributed by atoms with Crippen LogP contribution in [0.3, 0.4) is 0 Å². The fraction of sp³-hybridized carbons (Fsp3) is 0.350. The van der Waals surface area contributed by atoms with Crippen molar-refractivity contribution in [1.29, 1.82) is 0 Å². The third-order valence-corrected chi connectivity index (χ3v) is 4.63. The van der Waals surface area contributed by atoms with Crippen LogP contribution in [0, 0.1) is 6.92 Å². The van der Waals surface area contributed by atoms with Crippen molar-refractivity contribution in [3.63, 3.8) is 0 Å². The maximum atomic E-state index is 6.07. The van der Waals surface area contributed by atoms with Gasteiger partial charge in [0.2, 0.25) is 5.75 Å². The minimum atomic E-state index is -0.101. The maximum Gasteiger partial charge on any atom is 0.203 e.